The van der Waals surface area contributed by atoms with Crippen LogP contribution in [0, 0.1) is 0 Å². The van der Waals surface area contributed by atoms with Crippen molar-refractivity contribution in [3.63, 3.8) is 0 Å². The predicted octanol–water partition coefficient (Wildman–Crippen LogP) is 3.76. The van der Waals surface area contributed by atoms with Crippen molar-refractivity contribution in [3.05, 3.63) is 53.3 Å². The molecule has 4 heteroatoms. The molecule has 1 N–H and O–H groups in total. The highest BCUT2D eigenvalue weighted by Gasteiger charge is 2.38. The Balaban J connectivity index is 1.85. The first-order valence-corrected chi connectivity index (χ1v) is 8.96. The van der Waals surface area contributed by atoms with Crippen LogP contribution in [0.3, 0.4) is 0 Å². The van der Waals surface area contributed by atoms with Gasteiger partial charge in [0.15, 0.2) is 5.78 Å². The van der Waals surface area contributed by atoms with Crippen LogP contribution >= 0.6 is 0 Å². The average molecular weight is 331 g/mol. The molecule has 0 radical (unpaired) electrons. The van der Waals surface area contributed by atoms with E-state index >= 15 is 0 Å². The van der Waals surface area contributed by atoms with Gasteiger partial charge in [-0.25, -0.2) is 4.98 Å². The second-order valence-corrected chi connectivity index (χ2v) is 7.63. The number of Topliss-reactive ketones (excluding diaryl/α,β-unsaturated/α-hetero) is 1. The molecule has 0 bridgehead atoms. The minimum Gasteiger partial charge on any atom is -0.377 e. The molecule has 2 aliphatic rings. The lowest BCUT2D eigenvalue weighted by molar-refractivity contribution is -0.122. The summed E-state index contributed by atoms with van der Waals surface area (Å²) < 4.78 is 2.14. The minimum absolute atomic E-state index is 0.254. The molecular weight excluding hydrogens is 310 g/mol. The van der Waals surface area contributed by atoms with Gasteiger partial charge in [-0.1, -0.05) is 6.07 Å². The first-order chi connectivity index (χ1) is 12.1. The Morgan fingerprint density at radius 2 is 2.04 bits per heavy atom. The summed E-state index contributed by atoms with van der Waals surface area (Å²) >= 11 is 0. The van der Waals surface area contributed by atoms with Crippen LogP contribution in [0.25, 0.3) is 16.9 Å². The summed E-state index contributed by atoms with van der Waals surface area (Å²) in [5.41, 5.74) is 8.09. The van der Waals surface area contributed by atoms with Crippen LogP contribution in [-0.4, -0.2) is 21.7 Å². The van der Waals surface area contributed by atoms with Gasteiger partial charge in [-0.15, -0.1) is 0 Å². The zero-order valence-corrected chi connectivity index (χ0v) is 14.6. The van der Waals surface area contributed by atoms with Crippen molar-refractivity contribution >= 4 is 17.1 Å². The molecule has 0 saturated heterocycles. The van der Waals surface area contributed by atoms with E-state index in [-0.39, 0.29) is 5.78 Å². The van der Waals surface area contributed by atoms with Crippen LogP contribution in [0.2, 0.25) is 0 Å². The lowest BCUT2D eigenvalue weighted by atomic mass is 9.74. The standard InChI is InChI=1S/C21H21N3O/c1-21(2)16-11-15(17-7-4-8-19-22-9-10-24(17)19)13-5-3-6-14(13)20(16)23-12-18(21)25/h4,7-11,23H,3,5-6,12H2,1-2H3. The zero-order chi connectivity index (χ0) is 17.2. The molecule has 3 heterocycles. The van der Waals surface area contributed by atoms with Gasteiger partial charge in [0.2, 0.25) is 0 Å². The Bertz CT molecular complexity index is 1030. The van der Waals surface area contributed by atoms with Crippen molar-refractivity contribution < 1.29 is 4.79 Å². The van der Waals surface area contributed by atoms with Crippen LogP contribution in [0.4, 0.5) is 5.69 Å². The fraction of sp³-hybridized carbons (Fsp3) is 0.333. The van der Waals surface area contributed by atoms with Crippen molar-refractivity contribution in [2.75, 3.05) is 11.9 Å². The summed E-state index contributed by atoms with van der Waals surface area (Å²) in [6, 6.07) is 8.49. The maximum Gasteiger partial charge on any atom is 0.161 e. The first-order valence-electron chi connectivity index (χ1n) is 8.96. The van der Waals surface area contributed by atoms with Crippen LogP contribution < -0.4 is 5.32 Å². The zero-order valence-electron chi connectivity index (χ0n) is 14.6. The Labute approximate surface area is 146 Å². The number of anilines is 1. The van der Waals surface area contributed by atoms with Crippen LogP contribution in [0.15, 0.2) is 36.7 Å². The van der Waals surface area contributed by atoms with Crippen LogP contribution in [0.5, 0.6) is 0 Å². The van der Waals surface area contributed by atoms with Gasteiger partial charge in [0.25, 0.3) is 0 Å². The number of benzene rings is 1. The quantitative estimate of drug-likeness (QED) is 0.738. The highest BCUT2D eigenvalue weighted by molar-refractivity contribution is 5.98. The van der Waals surface area contributed by atoms with E-state index in [0.29, 0.717) is 6.54 Å². The number of imidazole rings is 1. The van der Waals surface area contributed by atoms with E-state index in [1.165, 1.54) is 28.8 Å². The maximum atomic E-state index is 12.5. The number of rotatable bonds is 1. The number of pyridine rings is 1. The van der Waals surface area contributed by atoms with E-state index in [2.05, 4.69) is 46.7 Å². The highest BCUT2D eigenvalue weighted by Crippen LogP contribution is 2.45. The Hall–Kier alpha value is -2.62. The molecule has 5 rings (SSSR count). The predicted molar refractivity (Wildman–Crippen MR) is 99.2 cm³/mol. The molecular formula is C21H21N3O. The summed E-state index contributed by atoms with van der Waals surface area (Å²) in [6.45, 7) is 4.54. The molecule has 4 nitrogen and oxygen atoms in total. The van der Waals surface area contributed by atoms with E-state index in [9.17, 15) is 4.79 Å². The third-order valence-corrected chi connectivity index (χ3v) is 5.90. The molecule has 0 unspecified atom stereocenters. The molecule has 0 saturated carbocycles. The third-order valence-electron chi connectivity index (χ3n) is 5.90. The van der Waals surface area contributed by atoms with Gasteiger partial charge in [-0.05, 0) is 68.0 Å². The SMILES string of the molecule is CC1(C)C(=O)CNc2c1cc(-c1cccc3nccn13)c1c2CCC1. The minimum atomic E-state index is -0.449. The number of carbonyl (C=O) groups excluding carboxylic acids is 1. The number of fused-ring (bicyclic) bond motifs is 4. The summed E-state index contributed by atoms with van der Waals surface area (Å²) in [6.07, 6.45) is 7.21. The summed E-state index contributed by atoms with van der Waals surface area (Å²) in [5, 5.41) is 3.41. The van der Waals surface area contributed by atoms with Crippen molar-refractivity contribution in [1.29, 1.82) is 0 Å². The lowest BCUT2D eigenvalue weighted by Crippen LogP contribution is -2.39. The van der Waals surface area contributed by atoms with Gasteiger partial charge in [0.05, 0.1) is 17.7 Å². The summed E-state index contributed by atoms with van der Waals surface area (Å²) in [4.78, 5) is 16.9. The van der Waals surface area contributed by atoms with E-state index in [1.807, 2.05) is 18.5 Å². The molecule has 1 aliphatic carbocycles. The molecule has 3 aromatic rings. The molecule has 1 aromatic carbocycles. The molecule has 126 valence electrons. The molecule has 0 amide bonds. The molecule has 0 spiro atoms. The van der Waals surface area contributed by atoms with Crippen LogP contribution in [-0.2, 0) is 23.1 Å². The van der Waals surface area contributed by atoms with E-state index < -0.39 is 5.41 Å². The average Bonchev–Trinajstić information content (AvgIpc) is 3.26. The van der Waals surface area contributed by atoms with Gasteiger partial charge in [0.1, 0.15) is 5.65 Å². The third kappa shape index (κ3) is 1.94. The van der Waals surface area contributed by atoms with Crippen molar-refractivity contribution in [1.82, 2.24) is 9.38 Å². The van der Waals surface area contributed by atoms with Crippen molar-refractivity contribution in [3.8, 4) is 11.3 Å². The van der Waals surface area contributed by atoms with E-state index in [4.69, 9.17) is 0 Å². The first kappa shape index (κ1) is 14.7. The maximum absolute atomic E-state index is 12.5. The molecule has 25 heavy (non-hydrogen) atoms. The number of ketones is 1. The van der Waals surface area contributed by atoms with Gasteiger partial charge in [-0.2, -0.15) is 0 Å². The van der Waals surface area contributed by atoms with E-state index in [1.54, 1.807) is 0 Å². The number of aromatic nitrogens is 2. The number of hydrogen-bond donors (Lipinski definition) is 1. The second kappa shape index (κ2) is 4.94. The molecule has 1 aliphatic heterocycles. The topological polar surface area (TPSA) is 46.4 Å². The summed E-state index contributed by atoms with van der Waals surface area (Å²) in [7, 11) is 0. The second-order valence-electron chi connectivity index (χ2n) is 7.63. The highest BCUT2D eigenvalue weighted by atomic mass is 16.1. The number of nitrogens with zero attached hydrogens (tertiary/aromatic N) is 2. The van der Waals surface area contributed by atoms with Gasteiger partial charge in [0, 0.05) is 23.6 Å². The Morgan fingerprint density at radius 1 is 1.20 bits per heavy atom. The fourth-order valence-corrected chi connectivity index (χ4v) is 4.41. The van der Waals surface area contributed by atoms with Crippen molar-refractivity contribution in [2.24, 2.45) is 0 Å². The monoisotopic (exact) mass is 331 g/mol. The van der Waals surface area contributed by atoms with E-state index in [0.717, 1.165) is 29.7 Å². The lowest BCUT2D eigenvalue weighted by Gasteiger charge is -2.34. The van der Waals surface area contributed by atoms with Crippen molar-refractivity contribution in [2.45, 2.75) is 38.5 Å². The molecule has 0 fully saturated rings. The van der Waals surface area contributed by atoms with Gasteiger partial charge >= 0.3 is 0 Å². The Morgan fingerprint density at radius 3 is 2.92 bits per heavy atom. The molecule has 0 atom stereocenters. The normalized spacial score (nSPS) is 18.1. The van der Waals surface area contributed by atoms with Gasteiger partial charge < -0.3 is 5.32 Å². The fourth-order valence-electron chi connectivity index (χ4n) is 4.41. The smallest absolute Gasteiger partial charge is 0.161 e. The van der Waals surface area contributed by atoms with Crippen LogP contribution in [0.1, 0.15) is 37.0 Å². The Kier molecular flexibility index (Phi) is 2.91. The largest absolute Gasteiger partial charge is 0.377 e. The number of hydrogen-bond acceptors (Lipinski definition) is 3. The van der Waals surface area contributed by atoms with Gasteiger partial charge in [-0.3, -0.25) is 9.20 Å². The molecule has 2 aromatic heterocycles. The number of nitrogens with one attached hydrogen (secondary N) is 1. The number of carbonyl (C=O) groups is 1. The summed E-state index contributed by atoms with van der Waals surface area (Å²) in [5.74, 6) is 0.254.